The molecule has 0 amide bonds. The van der Waals surface area contributed by atoms with E-state index in [1.807, 2.05) is 19.9 Å². The Balaban J connectivity index is 1.75. The molecule has 7 nitrogen and oxygen atoms in total. The lowest BCUT2D eigenvalue weighted by Crippen LogP contribution is -2.08. The lowest BCUT2D eigenvalue weighted by Gasteiger charge is -2.12. The summed E-state index contributed by atoms with van der Waals surface area (Å²) in [6, 6.07) is 6.77. The number of alkyl halides is 2. The average molecular weight is 375 g/mol. The number of anilines is 1. The minimum Gasteiger partial charge on any atom is -0.493 e. The molecule has 2 aromatic heterocycles. The Bertz CT molecular complexity index is 930. The van der Waals surface area contributed by atoms with Gasteiger partial charge in [-0.2, -0.15) is 13.9 Å². The van der Waals surface area contributed by atoms with E-state index >= 15 is 0 Å². The Morgan fingerprint density at radius 3 is 2.63 bits per heavy atom. The zero-order chi connectivity index (χ0) is 19.4. The molecule has 1 N–H and O–H groups in total. The van der Waals surface area contributed by atoms with Crippen molar-refractivity contribution in [3.63, 3.8) is 0 Å². The van der Waals surface area contributed by atoms with Gasteiger partial charge in [0.25, 0.3) is 0 Å². The van der Waals surface area contributed by atoms with Gasteiger partial charge in [0, 0.05) is 12.2 Å². The Morgan fingerprint density at radius 1 is 1.15 bits per heavy atom. The second kappa shape index (κ2) is 7.98. The number of ether oxygens (including phenoxy) is 2. The van der Waals surface area contributed by atoms with Crippen LogP contribution in [0, 0.1) is 13.8 Å². The quantitative estimate of drug-likeness (QED) is 0.681. The van der Waals surface area contributed by atoms with Gasteiger partial charge in [-0.1, -0.05) is 6.07 Å². The molecule has 1 aromatic carbocycles. The van der Waals surface area contributed by atoms with Gasteiger partial charge >= 0.3 is 6.61 Å². The number of aromatic nitrogens is 4. The van der Waals surface area contributed by atoms with Gasteiger partial charge in [-0.3, -0.25) is 4.98 Å². The van der Waals surface area contributed by atoms with E-state index in [9.17, 15) is 8.78 Å². The molecule has 0 radical (unpaired) electrons. The zero-order valence-electron chi connectivity index (χ0n) is 15.1. The summed E-state index contributed by atoms with van der Waals surface area (Å²) in [6.07, 6.45) is 3.20. The van der Waals surface area contributed by atoms with E-state index in [0.717, 1.165) is 17.0 Å². The van der Waals surface area contributed by atoms with Crippen molar-refractivity contribution in [3.8, 4) is 17.3 Å². The standard InChI is InChI=1S/C18H19F2N5O2/c1-11-6-12(2)25(24-11)17-10-21-9-16(23-17)22-8-13-4-5-14(26-3)15(7-13)27-18(19)20/h4-7,9-10,18H,8H2,1-3H3,(H,22,23). The predicted molar refractivity (Wildman–Crippen MR) is 95.6 cm³/mol. The molecule has 0 fully saturated rings. The number of hydrogen-bond donors (Lipinski definition) is 1. The summed E-state index contributed by atoms with van der Waals surface area (Å²) in [7, 11) is 1.39. The van der Waals surface area contributed by atoms with Crippen LogP contribution < -0.4 is 14.8 Å². The van der Waals surface area contributed by atoms with E-state index in [4.69, 9.17) is 4.74 Å². The van der Waals surface area contributed by atoms with Crippen LogP contribution >= 0.6 is 0 Å². The summed E-state index contributed by atoms with van der Waals surface area (Å²) >= 11 is 0. The molecular weight excluding hydrogens is 356 g/mol. The summed E-state index contributed by atoms with van der Waals surface area (Å²) in [6.45, 7) is 1.26. The average Bonchev–Trinajstić information content (AvgIpc) is 2.98. The maximum absolute atomic E-state index is 12.5. The fourth-order valence-corrected chi connectivity index (χ4v) is 2.62. The molecule has 0 atom stereocenters. The van der Waals surface area contributed by atoms with Crippen molar-refractivity contribution in [3.05, 3.63) is 53.6 Å². The molecule has 0 aliphatic heterocycles. The van der Waals surface area contributed by atoms with Crippen molar-refractivity contribution in [1.82, 2.24) is 19.7 Å². The van der Waals surface area contributed by atoms with Crippen molar-refractivity contribution in [1.29, 1.82) is 0 Å². The van der Waals surface area contributed by atoms with Crippen LogP contribution in [0.1, 0.15) is 17.0 Å². The highest BCUT2D eigenvalue weighted by molar-refractivity contribution is 5.44. The molecule has 0 aliphatic rings. The van der Waals surface area contributed by atoms with Gasteiger partial charge in [-0.15, -0.1) is 0 Å². The number of methoxy groups -OCH3 is 1. The number of rotatable bonds is 7. The predicted octanol–water partition coefficient (Wildman–Crippen LogP) is 3.50. The molecule has 3 aromatic rings. The monoisotopic (exact) mass is 375 g/mol. The number of aryl methyl sites for hydroxylation is 2. The molecule has 0 saturated carbocycles. The van der Waals surface area contributed by atoms with Gasteiger partial charge < -0.3 is 14.8 Å². The van der Waals surface area contributed by atoms with Gasteiger partial charge in [-0.05, 0) is 37.6 Å². The molecular formula is C18H19F2N5O2. The second-order valence-corrected chi connectivity index (χ2v) is 5.82. The SMILES string of the molecule is COc1ccc(CNc2cncc(-n3nc(C)cc3C)n2)cc1OC(F)F. The molecule has 0 bridgehead atoms. The van der Waals surface area contributed by atoms with Crippen LogP contribution in [-0.4, -0.2) is 33.5 Å². The number of halogens is 2. The largest absolute Gasteiger partial charge is 0.493 e. The second-order valence-electron chi connectivity index (χ2n) is 5.82. The van der Waals surface area contributed by atoms with Crippen molar-refractivity contribution < 1.29 is 18.3 Å². The van der Waals surface area contributed by atoms with Gasteiger partial charge in [0.15, 0.2) is 17.3 Å². The van der Waals surface area contributed by atoms with Gasteiger partial charge in [0.05, 0.1) is 25.2 Å². The van der Waals surface area contributed by atoms with E-state index in [2.05, 4.69) is 25.1 Å². The van der Waals surface area contributed by atoms with Crippen LogP contribution in [0.15, 0.2) is 36.7 Å². The van der Waals surface area contributed by atoms with Gasteiger partial charge in [0.2, 0.25) is 0 Å². The highest BCUT2D eigenvalue weighted by Gasteiger charge is 2.12. The first-order valence-corrected chi connectivity index (χ1v) is 8.17. The maximum atomic E-state index is 12.5. The summed E-state index contributed by atoms with van der Waals surface area (Å²) in [5.74, 6) is 1.34. The first-order valence-electron chi connectivity index (χ1n) is 8.17. The molecule has 0 aliphatic carbocycles. The van der Waals surface area contributed by atoms with Crippen molar-refractivity contribution in [2.24, 2.45) is 0 Å². The first kappa shape index (κ1) is 18.6. The fraction of sp³-hybridized carbons (Fsp3) is 0.278. The first-order chi connectivity index (χ1) is 13.0. The number of hydrogen-bond acceptors (Lipinski definition) is 6. The molecule has 142 valence electrons. The van der Waals surface area contributed by atoms with Crippen LogP contribution in [0.25, 0.3) is 5.82 Å². The van der Waals surface area contributed by atoms with Crippen LogP contribution in [0.3, 0.4) is 0 Å². The van der Waals surface area contributed by atoms with Crippen LogP contribution in [0.5, 0.6) is 11.5 Å². The third kappa shape index (κ3) is 4.49. The summed E-state index contributed by atoms with van der Waals surface area (Å²) in [5, 5.41) is 7.50. The lowest BCUT2D eigenvalue weighted by atomic mass is 10.2. The number of benzene rings is 1. The third-order valence-corrected chi connectivity index (χ3v) is 3.77. The summed E-state index contributed by atoms with van der Waals surface area (Å²) in [5.41, 5.74) is 2.56. The van der Waals surface area contributed by atoms with Gasteiger partial charge in [-0.25, -0.2) is 9.67 Å². The molecule has 27 heavy (non-hydrogen) atoms. The van der Waals surface area contributed by atoms with Crippen LogP contribution in [-0.2, 0) is 6.54 Å². The van der Waals surface area contributed by atoms with E-state index in [1.54, 1.807) is 29.2 Å². The van der Waals surface area contributed by atoms with E-state index < -0.39 is 6.61 Å². The van der Waals surface area contributed by atoms with E-state index in [-0.39, 0.29) is 11.5 Å². The van der Waals surface area contributed by atoms with Crippen molar-refractivity contribution in [2.45, 2.75) is 27.0 Å². The minimum absolute atomic E-state index is 0.0192. The highest BCUT2D eigenvalue weighted by atomic mass is 19.3. The molecule has 0 unspecified atom stereocenters. The molecule has 0 saturated heterocycles. The number of nitrogens with one attached hydrogen (secondary N) is 1. The lowest BCUT2D eigenvalue weighted by molar-refractivity contribution is -0.0512. The Kier molecular flexibility index (Phi) is 5.49. The smallest absolute Gasteiger partial charge is 0.387 e. The summed E-state index contributed by atoms with van der Waals surface area (Å²) in [4.78, 5) is 8.67. The Hall–Kier alpha value is -3.23. The molecule has 2 heterocycles. The van der Waals surface area contributed by atoms with Crippen LogP contribution in [0.4, 0.5) is 14.6 Å². The molecule has 3 rings (SSSR count). The third-order valence-electron chi connectivity index (χ3n) is 3.77. The topological polar surface area (TPSA) is 74.1 Å². The molecule has 9 heteroatoms. The number of nitrogens with zero attached hydrogens (tertiary/aromatic N) is 4. The van der Waals surface area contributed by atoms with Crippen molar-refractivity contribution in [2.75, 3.05) is 12.4 Å². The summed E-state index contributed by atoms with van der Waals surface area (Å²) < 4.78 is 36.3. The minimum atomic E-state index is -2.93. The highest BCUT2D eigenvalue weighted by Crippen LogP contribution is 2.29. The Labute approximate surface area is 155 Å². The normalized spacial score (nSPS) is 10.9. The maximum Gasteiger partial charge on any atom is 0.387 e. The van der Waals surface area contributed by atoms with Crippen LogP contribution in [0.2, 0.25) is 0 Å². The molecule has 0 spiro atoms. The van der Waals surface area contributed by atoms with E-state index in [0.29, 0.717) is 18.2 Å². The zero-order valence-corrected chi connectivity index (χ0v) is 15.1. The van der Waals surface area contributed by atoms with Gasteiger partial charge in [0.1, 0.15) is 5.82 Å². The van der Waals surface area contributed by atoms with Crippen molar-refractivity contribution >= 4 is 5.82 Å². The van der Waals surface area contributed by atoms with E-state index in [1.165, 1.54) is 13.2 Å². The fourth-order valence-electron chi connectivity index (χ4n) is 2.62. The Morgan fingerprint density at radius 2 is 1.96 bits per heavy atom.